The van der Waals surface area contributed by atoms with E-state index in [2.05, 4.69) is 20.6 Å². The van der Waals surface area contributed by atoms with Gasteiger partial charge >= 0.3 is 24.5 Å². The van der Waals surface area contributed by atoms with Crippen LogP contribution in [0, 0.1) is 11.8 Å². The van der Waals surface area contributed by atoms with E-state index in [9.17, 15) is 52.7 Å². The maximum atomic E-state index is 13.7. The van der Waals surface area contributed by atoms with E-state index < -0.39 is 74.9 Å². The van der Waals surface area contributed by atoms with Gasteiger partial charge in [0.25, 0.3) is 0 Å². The van der Waals surface area contributed by atoms with Crippen LogP contribution >= 0.6 is 0 Å². The van der Waals surface area contributed by atoms with Gasteiger partial charge in [0.2, 0.25) is 5.95 Å². The number of aromatic nitrogens is 2. The molecule has 3 N–H and O–H groups in total. The molecule has 3 aromatic rings. The van der Waals surface area contributed by atoms with Crippen molar-refractivity contribution >= 4 is 27.4 Å². The number of carboxylic acid groups (broad SMARTS) is 1. The molecule has 0 bridgehead atoms. The summed E-state index contributed by atoms with van der Waals surface area (Å²) in [5, 5.41) is 15.0. The SMILES string of the molecule is C[C@@H](c1cc(C(F)(F)F)cc(C(F)(F)F)c1)c1nc(NCc2cc(C(F)(F)F)ccc2NCC2CCC(CC(=O)O)CC2)ncc1OCCS(C)(=O)=O. The fourth-order valence-corrected chi connectivity index (χ4v) is 6.37. The number of aliphatic carboxylic acids is 1. The second kappa shape index (κ2) is 16.4. The van der Waals surface area contributed by atoms with Gasteiger partial charge in [-0.15, -0.1) is 0 Å². The standard InChI is InChI=1S/C34H37F9N4O5S/c1-19(22-12-25(33(38,39)40)15-26(13-22)34(41,42)43)30-28(52-9-10-53(2,50)51)18-46-31(47-30)45-17-23-14-24(32(35,36)37)7-8-27(23)44-16-21-5-3-20(4-6-21)11-29(48)49/h7-8,12-15,18-21,44H,3-6,9-11,16-17H2,1-2H3,(H,48,49)(H,45,46,47)/t19-,20?,21?/m0/s1. The molecule has 0 unspecified atom stereocenters. The molecule has 1 atom stereocenters. The molecule has 1 aromatic heterocycles. The molecule has 1 aliphatic carbocycles. The third kappa shape index (κ3) is 12.1. The summed E-state index contributed by atoms with van der Waals surface area (Å²) in [4.78, 5) is 19.4. The fourth-order valence-electron chi connectivity index (χ4n) is 5.98. The van der Waals surface area contributed by atoms with Crippen molar-refractivity contribution in [2.24, 2.45) is 11.8 Å². The van der Waals surface area contributed by atoms with Crippen molar-refractivity contribution in [1.82, 2.24) is 9.97 Å². The quantitative estimate of drug-likeness (QED) is 0.138. The lowest BCUT2D eigenvalue weighted by Crippen LogP contribution is -2.23. The van der Waals surface area contributed by atoms with Crippen LogP contribution in [-0.2, 0) is 39.7 Å². The van der Waals surface area contributed by atoms with Gasteiger partial charge in [-0.1, -0.05) is 6.92 Å². The number of carbonyl (C=O) groups is 1. The highest BCUT2D eigenvalue weighted by Gasteiger charge is 2.38. The number of halogens is 9. The Labute approximate surface area is 299 Å². The first kappa shape index (κ1) is 41.5. The van der Waals surface area contributed by atoms with Gasteiger partial charge < -0.3 is 20.5 Å². The highest BCUT2D eigenvalue weighted by atomic mass is 32.2. The van der Waals surface area contributed by atoms with E-state index in [-0.39, 0.29) is 53.8 Å². The second-order valence-electron chi connectivity index (χ2n) is 13.1. The van der Waals surface area contributed by atoms with Crippen molar-refractivity contribution in [3.63, 3.8) is 0 Å². The minimum Gasteiger partial charge on any atom is -0.489 e. The largest absolute Gasteiger partial charge is 0.489 e. The van der Waals surface area contributed by atoms with Gasteiger partial charge in [-0.2, -0.15) is 39.5 Å². The van der Waals surface area contributed by atoms with Gasteiger partial charge in [0, 0.05) is 37.4 Å². The zero-order chi connectivity index (χ0) is 39.4. The number of rotatable bonds is 14. The number of alkyl halides is 9. The number of anilines is 2. The molecule has 53 heavy (non-hydrogen) atoms. The minimum atomic E-state index is -5.14. The molecule has 0 saturated heterocycles. The van der Waals surface area contributed by atoms with E-state index in [1.165, 1.54) is 13.0 Å². The van der Waals surface area contributed by atoms with Crippen LogP contribution in [0.5, 0.6) is 5.75 Å². The number of nitrogens with one attached hydrogen (secondary N) is 2. The Morgan fingerprint density at radius 1 is 0.887 bits per heavy atom. The molecule has 19 heteroatoms. The lowest BCUT2D eigenvalue weighted by atomic mass is 9.80. The van der Waals surface area contributed by atoms with Gasteiger partial charge in [-0.3, -0.25) is 4.79 Å². The molecule has 1 fully saturated rings. The third-order valence-electron chi connectivity index (χ3n) is 8.90. The molecule has 0 amide bonds. The summed E-state index contributed by atoms with van der Waals surface area (Å²) in [5.74, 6) is -2.98. The Hall–Kier alpha value is -4.29. The highest BCUT2D eigenvalue weighted by Crippen LogP contribution is 2.40. The maximum Gasteiger partial charge on any atom is 0.416 e. The molecular formula is C34H37F9N4O5S. The third-order valence-corrected chi connectivity index (χ3v) is 9.80. The monoisotopic (exact) mass is 784 g/mol. The van der Waals surface area contributed by atoms with Crippen molar-refractivity contribution in [3.05, 3.63) is 76.1 Å². The Kier molecular flexibility index (Phi) is 12.8. The molecule has 9 nitrogen and oxygen atoms in total. The summed E-state index contributed by atoms with van der Waals surface area (Å²) in [7, 11) is -3.54. The summed E-state index contributed by atoms with van der Waals surface area (Å²) in [6.45, 7) is 0.898. The Morgan fingerprint density at radius 2 is 1.47 bits per heavy atom. The van der Waals surface area contributed by atoms with E-state index in [0.29, 0.717) is 37.2 Å². The van der Waals surface area contributed by atoms with Crippen molar-refractivity contribution < 1.29 is 62.6 Å². The molecule has 1 saturated carbocycles. The van der Waals surface area contributed by atoms with Crippen molar-refractivity contribution in [3.8, 4) is 5.75 Å². The zero-order valence-electron chi connectivity index (χ0n) is 28.4. The number of benzene rings is 2. The lowest BCUT2D eigenvalue weighted by molar-refractivity contribution is -0.143. The smallest absolute Gasteiger partial charge is 0.416 e. The first-order valence-electron chi connectivity index (χ1n) is 16.4. The van der Waals surface area contributed by atoms with Crippen molar-refractivity contribution in [1.29, 1.82) is 0 Å². The first-order valence-corrected chi connectivity index (χ1v) is 18.4. The Bertz CT molecular complexity index is 1830. The maximum absolute atomic E-state index is 13.7. The topological polar surface area (TPSA) is 131 Å². The normalized spacial score (nSPS) is 17.6. The van der Waals surface area contributed by atoms with E-state index in [4.69, 9.17) is 9.84 Å². The molecule has 292 valence electrons. The van der Waals surface area contributed by atoms with Crippen LogP contribution in [0.15, 0.2) is 42.6 Å². The predicted molar refractivity (Wildman–Crippen MR) is 176 cm³/mol. The van der Waals surface area contributed by atoms with Crippen molar-refractivity contribution in [2.75, 3.05) is 35.8 Å². The Morgan fingerprint density at radius 3 is 2.02 bits per heavy atom. The second-order valence-corrected chi connectivity index (χ2v) is 15.3. The number of carboxylic acids is 1. The molecule has 2 aromatic carbocycles. The molecule has 4 rings (SSSR count). The van der Waals surface area contributed by atoms with Crippen LogP contribution in [0.1, 0.15) is 78.5 Å². The summed E-state index contributed by atoms with van der Waals surface area (Å²) in [5.41, 5.74) is -4.28. The Balaban J connectivity index is 1.64. The van der Waals surface area contributed by atoms with E-state index >= 15 is 0 Å². The summed E-state index contributed by atoms with van der Waals surface area (Å²) in [6.07, 6.45) is -10.1. The number of sulfone groups is 1. The van der Waals surface area contributed by atoms with E-state index in [1.807, 2.05) is 0 Å². The van der Waals surface area contributed by atoms with Gasteiger partial charge in [0.15, 0.2) is 15.6 Å². The van der Waals surface area contributed by atoms with Crippen LogP contribution < -0.4 is 15.4 Å². The van der Waals surface area contributed by atoms with Gasteiger partial charge in [-0.25, -0.2) is 18.4 Å². The van der Waals surface area contributed by atoms with Gasteiger partial charge in [0.1, 0.15) is 6.61 Å². The van der Waals surface area contributed by atoms with E-state index in [1.54, 1.807) is 0 Å². The number of ether oxygens (including phenoxy) is 1. The molecule has 0 radical (unpaired) electrons. The van der Waals surface area contributed by atoms with E-state index in [0.717, 1.165) is 37.4 Å². The number of hydrogen-bond acceptors (Lipinski definition) is 8. The summed E-state index contributed by atoms with van der Waals surface area (Å²) in [6, 6.07) is 4.08. The summed E-state index contributed by atoms with van der Waals surface area (Å²) < 4.78 is 152. The average Bonchev–Trinajstić information content (AvgIpc) is 3.05. The minimum absolute atomic E-state index is 0.0299. The molecule has 0 aliphatic heterocycles. The summed E-state index contributed by atoms with van der Waals surface area (Å²) >= 11 is 0. The molecule has 1 heterocycles. The van der Waals surface area contributed by atoms with Crippen LogP contribution in [0.4, 0.5) is 51.1 Å². The average molecular weight is 785 g/mol. The van der Waals surface area contributed by atoms with Gasteiger partial charge in [0.05, 0.1) is 34.3 Å². The fraction of sp³-hybridized carbons (Fsp3) is 0.500. The predicted octanol–water partition coefficient (Wildman–Crippen LogP) is 8.41. The molecule has 1 aliphatic rings. The zero-order valence-corrected chi connectivity index (χ0v) is 29.2. The highest BCUT2D eigenvalue weighted by molar-refractivity contribution is 7.90. The van der Waals surface area contributed by atoms with Crippen molar-refractivity contribution in [2.45, 2.75) is 70.0 Å². The number of hydrogen-bond donors (Lipinski definition) is 3. The van der Waals surface area contributed by atoms with Crippen LogP contribution in [-0.4, -0.2) is 54.6 Å². The lowest BCUT2D eigenvalue weighted by Gasteiger charge is -2.28. The molecular weight excluding hydrogens is 747 g/mol. The first-order chi connectivity index (χ1) is 24.5. The van der Waals surface area contributed by atoms with Crippen LogP contribution in [0.3, 0.4) is 0 Å². The van der Waals surface area contributed by atoms with Crippen LogP contribution in [0.25, 0.3) is 0 Å². The van der Waals surface area contributed by atoms with Gasteiger partial charge in [-0.05, 0) is 85.0 Å². The number of nitrogens with zero attached hydrogens (tertiary/aromatic N) is 2. The molecule has 0 spiro atoms. The van der Waals surface area contributed by atoms with Crippen LogP contribution in [0.2, 0.25) is 0 Å².